The fourth-order valence-corrected chi connectivity index (χ4v) is 2.31. The molecule has 1 aromatic rings. The van der Waals surface area contributed by atoms with E-state index < -0.39 is 0 Å². The average molecular weight is 209 g/mol. The number of methoxy groups -OCH3 is 1. The monoisotopic (exact) mass is 209 g/mol. The second-order valence-corrected chi connectivity index (χ2v) is 4.17. The molecule has 2 rings (SSSR count). The molecule has 4 heteroatoms. The van der Waals surface area contributed by atoms with Gasteiger partial charge in [-0.3, -0.25) is 4.68 Å². The average Bonchev–Trinajstić information content (AvgIpc) is 2.64. The van der Waals surface area contributed by atoms with Crippen molar-refractivity contribution in [3.63, 3.8) is 0 Å². The van der Waals surface area contributed by atoms with Crippen molar-refractivity contribution in [2.75, 3.05) is 7.11 Å². The van der Waals surface area contributed by atoms with E-state index in [1.165, 1.54) is 6.42 Å². The maximum absolute atomic E-state index is 6.28. The predicted molar refractivity (Wildman–Crippen MR) is 58.4 cm³/mol. The highest BCUT2D eigenvalue weighted by Crippen LogP contribution is 2.43. The van der Waals surface area contributed by atoms with E-state index in [-0.39, 0.29) is 11.6 Å². The number of rotatable bonds is 4. The summed E-state index contributed by atoms with van der Waals surface area (Å²) in [5.74, 6) is 0. The van der Waals surface area contributed by atoms with Crippen LogP contribution in [-0.2, 0) is 11.3 Å². The largest absolute Gasteiger partial charge is 0.376 e. The van der Waals surface area contributed by atoms with Crippen LogP contribution in [-0.4, -0.2) is 22.5 Å². The van der Waals surface area contributed by atoms with Crippen molar-refractivity contribution in [2.24, 2.45) is 5.73 Å². The predicted octanol–water partition coefficient (Wildman–Crippen LogP) is 1.47. The SMILES string of the molecule is CCn1nccc1C(N)C1(OC)CCC1. The molecule has 0 amide bonds. The van der Waals surface area contributed by atoms with E-state index in [4.69, 9.17) is 10.5 Å². The summed E-state index contributed by atoms with van der Waals surface area (Å²) in [7, 11) is 1.76. The van der Waals surface area contributed by atoms with Gasteiger partial charge in [0.25, 0.3) is 0 Å². The molecular weight excluding hydrogens is 190 g/mol. The summed E-state index contributed by atoms with van der Waals surface area (Å²) in [5.41, 5.74) is 7.22. The Balaban J connectivity index is 2.23. The van der Waals surface area contributed by atoms with Crippen molar-refractivity contribution in [3.8, 4) is 0 Å². The molecule has 84 valence electrons. The van der Waals surface area contributed by atoms with Crippen LogP contribution in [0.1, 0.15) is 37.9 Å². The molecule has 2 N–H and O–H groups in total. The van der Waals surface area contributed by atoms with Gasteiger partial charge in [0, 0.05) is 19.9 Å². The fraction of sp³-hybridized carbons (Fsp3) is 0.727. The minimum atomic E-state index is -0.146. The number of ether oxygens (including phenoxy) is 1. The highest BCUT2D eigenvalue weighted by Gasteiger charge is 2.44. The lowest BCUT2D eigenvalue weighted by atomic mass is 9.73. The van der Waals surface area contributed by atoms with Gasteiger partial charge in [0.1, 0.15) is 0 Å². The minimum absolute atomic E-state index is 0.0568. The molecule has 15 heavy (non-hydrogen) atoms. The van der Waals surface area contributed by atoms with Gasteiger partial charge in [-0.25, -0.2) is 0 Å². The normalized spacial score (nSPS) is 21.0. The van der Waals surface area contributed by atoms with Crippen molar-refractivity contribution in [1.82, 2.24) is 9.78 Å². The third-order valence-electron chi connectivity index (χ3n) is 3.54. The van der Waals surface area contributed by atoms with E-state index in [0.29, 0.717) is 0 Å². The second kappa shape index (κ2) is 3.94. The van der Waals surface area contributed by atoms with E-state index in [1.807, 2.05) is 10.7 Å². The van der Waals surface area contributed by atoms with Gasteiger partial charge >= 0.3 is 0 Å². The lowest BCUT2D eigenvalue weighted by molar-refractivity contribution is -0.0927. The Morgan fingerprint density at radius 3 is 2.87 bits per heavy atom. The molecule has 1 aliphatic carbocycles. The third-order valence-corrected chi connectivity index (χ3v) is 3.54. The Hall–Kier alpha value is -0.870. The standard InChI is InChI=1S/C11H19N3O/c1-3-14-9(5-8-13-14)10(12)11(15-2)6-4-7-11/h5,8,10H,3-4,6-7,12H2,1-2H3. The zero-order valence-corrected chi connectivity index (χ0v) is 9.44. The topological polar surface area (TPSA) is 53.1 Å². The van der Waals surface area contributed by atoms with Gasteiger partial charge in [-0.05, 0) is 32.3 Å². The lowest BCUT2D eigenvalue weighted by Crippen LogP contribution is -2.49. The first kappa shape index (κ1) is 10.6. The Kier molecular flexibility index (Phi) is 2.80. The van der Waals surface area contributed by atoms with Gasteiger partial charge in [-0.1, -0.05) is 0 Å². The van der Waals surface area contributed by atoms with Crippen LogP contribution in [0.3, 0.4) is 0 Å². The molecule has 1 fully saturated rings. The van der Waals surface area contributed by atoms with Crippen LogP contribution in [0.15, 0.2) is 12.3 Å². The summed E-state index contributed by atoms with van der Waals surface area (Å²) in [6.07, 6.45) is 5.13. The highest BCUT2D eigenvalue weighted by atomic mass is 16.5. The molecule has 1 aromatic heterocycles. The van der Waals surface area contributed by atoms with Gasteiger partial charge in [-0.15, -0.1) is 0 Å². The number of aromatic nitrogens is 2. The Bertz CT molecular complexity index is 325. The van der Waals surface area contributed by atoms with E-state index >= 15 is 0 Å². The number of nitrogens with two attached hydrogens (primary N) is 1. The lowest BCUT2D eigenvalue weighted by Gasteiger charge is -2.44. The molecule has 1 atom stereocenters. The van der Waals surface area contributed by atoms with E-state index in [2.05, 4.69) is 12.0 Å². The third kappa shape index (κ3) is 1.58. The van der Waals surface area contributed by atoms with Crippen LogP contribution in [0.25, 0.3) is 0 Å². The van der Waals surface area contributed by atoms with Crippen molar-refractivity contribution < 1.29 is 4.74 Å². The smallest absolute Gasteiger partial charge is 0.0885 e. The molecule has 1 saturated carbocycles. The first-order chi connectivity index (χ1) is 7.23. The molecule has 1 unspecified atom stereocenters. The van der Waals surface area contributed by atoms with Gasteiger partial charge < -0.3 is 10.5 Å². The van der Waals surface area contributed by atoms with E-state index in [0.717, 1.165) is 25.1 Å². The molecule has 1 heterocycles. The Labute approximate surface area is 90.4 Å². The zero-order valence-electron chi connectivity index (χ0n) is 9.44. The van der Waals surface area contributed by atoms with Crippen LogP contribution in [0.4, 0.5) is 0 Å². The number of hydrogen-bond donors (Lipinski definition) is 1. The Morgan fingerprint density at radius 1 is 1.67 bits per heavy atom. The first-order valence-corrected chi connectivity index (χ1v) is 5.56. The van der Waals surface area contributed by atoms with Gasteiger partial charge in [0.2, 0.25) is 0 Å². The molecule has 0 aromatic carbocycles. The molecule has 0 radical (unpaired) electrons. The summed E-state index contributed by atoms with van der Waals surface area (Å²) >= 11 is 0. The maximum atomic E-state index is 6.28. The van der Waals surface area contributed by atoms with Crippen molar-refractivity contribution >= 4 is 0 Å². The molecule has 4 nitrogen and oxygen atoms in total. The molecule has 0 saturated heterocycles. The second-order valence-electron chi connectivity index (χ2n) is 4.17. The zero-order chi connectivity index (χ0) is 10.9. The maximum Gasteiger partial charge on any atom is 0.0885 e. The quantitative estimate of drug-likeness (QED) is 0.817. The molecule has 0 aliphatic heterocycles. The van der Waals surface area contributed by atoms with Gasteiger partial charge in [0.15, 0.2) is 0 Å². The van der Waals surface area contributed by atoms with Crippen LogP contribution >= 0.6 is 0 Å². The summed E-state index contributed by atoms with van der Waals surface area (Å²) in [6, 6.07) is 1.94. The summed E-state index contributed by atoms with van der Waals surface area (Å²) in [6.45, 7) is 2.93. The van der Waals surface area contributed by atoms with Crippen LogP contribution < -0.4 is 5.73 Å². The fourth-order valence-electron chi connectivity index (χ4n) is 2.31. The van der Waals surface area contributed by atoms with Crippen LogP contribution in [0.5, 0.6) is 0 Å². The van der Waals surface area contributed by atoms with Crippen LogP contribution in [0, 0.1) is 0 Å². The van der Waals surface area contributed by atoms with Crippen molar-refractivity contribution in [2.45, 2.75) is 44.4 Å². The molecule has 1 aliphatic rings. The van der Waals surface area contributed by atoms with Gasteiger partial charge in [-0.2, -0.15) is 5.10 Å². The summed E-state index contributed by atoms with van der Waals surface area (Å²) in [5, 5.41) is 4.24. The number of nitrogens with zero attached hydrogens (tertiary/aromatic N) is 2. The van der Waals surface area contributed by atoms with Gasteiger partial charge in [0.05, 0.1) is 17.3 Å². The number of aryl methyl sites for hydroxylation is 1. The van der Waals surface area contributed by atoms with Crippen molar-refractivity contribution in [3.05, 3.63) is 18.0 Å². The number of hydrogen-bond acceptors (Lipinski definition) is 3. The van der Waals surface area contributed by atoms with E-state index in [1.54, 1.807) is 13.3 Å². The summed E-state index contributed by atoms with van der Waals surface area (Å²) < 4.78 is 7.54. The summed E-state index contributed by atoms with van der Waals surface area (Å²) in [4.78, 5) is 0. The molecule has 0 bridgehead atoms. The minimum Gasteiger partial charge on any atom is -0.376 e. The highest BCUT2D eigenvalue weighted by molar-refractivity contribution is 5.15. The molecule has 0 spiro atoms. The van der Waals surface area contributed by atoms with Crippen molar-refractivity contribution in [1.29, 1.82) is 0 Å². The molecular formula is C11H19N3O. The van der Waals surface area contributed by atoms with E-state index in [9.17, 15) is 0 Å². The van der Waals surface area contributed by atoms with Crippen LogP contribution in [0.2, 0.25) is 0 Å². The Morgan fingerprint density at radius 2 is 2.40 bits per heavy atom. The first-order valence-electron chi connectivity index (χ1n) is 5.56.